The molecule has 0 saturated heterocycles. The summed E-state index contributed by atoms with van der Waals surface area (Å²) >= 11 is 0. The molecule has 0 saturated carbocycles. The normalized spacial score (nSPS) is 15.8. The van der Waals surface area contributed by atoms with E-state index in [0.717, 1.165) is 50.2 Å². The van der Waals surface area contributed by atoms with Crippen molar-refractivity contribution in [3.63, 3.8) is 0 Å². The van der Waals surface area contributed by atoms with Gasteiger partial charge in [-0.25, -0.2) is 0 Å². The first-order valence-electron chi connectivity index (χ1n) is 26.5. The fourth-order valence-electron chi connectivity index (χ4n) is 10.6. The van der Waals surface area contributed by atoms with E-state index < -0.39 is 0 Å². The molecule has 1 aliphatic heterocycles. The highest BCUT2D eigenvalue weighted by Gasteiger charge is 2.46. The standard InChI is InChI=1S/C56H96N2O2/c1-9-13-15-17-19-21-23-25-27-29-31-33-35-37-39-41-43-57-47(7)49(11-3)45(5)53(57)51-55(59)52(56(51)60)54-46(6)50(12-4)48(8)58(54)44-42-40-38-36-34-32-30-28-26-24-22-20-18-16-14-10-2/h9-44H2,1-8H3/p+1. The number of Topliss-reactive ketones (excluding diaryl/α,β-unsaturated/α-hetero) is 1. The Morgan fingerprint density at radius 3 is 1.23 bits per heavy atom. The highest BCUT2D eigenvalue weighted by molar-refractivity contribution is 6.39. The number of hydrogen-bond donors (Lipinski definition) is 1. The Morgan fingerprint density at radius 1 is 0.483 bits per heavy atom. The number of carbonyl (C=O) groups excluding carboxylic acids is 1. The van der Waals surface area contributed by atoms with E-state index >= 15 is 0 Å². The first-order chi connectivity index (χ1) is 29.3. The van der Waals surface area contributed by atoms with Crippen LogP contribution >= 0.6 is 0 Å². The van der Waals surface area contributed by atoms with Gasteiger partial charge in [-0.2, -0.15) is 4.58 Å². The summed E-state index contributed by atoms with van der Waals surface area (Å²) in [4.78, 5) is 14.4. The van der Waals surface area contributed by atoms with Crippen molar-refractivity contribution in [1.82, 2.24) is 4.57 Å². The lowest BCUT2D eigenvalue weighted by Crippen LogP contribution is -2.29. The summed E-state index contributed by atoms with van der Waals surface area (Å²) in [5.74, 6) is 0.244. The second-order valence-corrected chi connectivity index (χ2v) is 19.1. The number of nitrogens with zero attached hydrogens (tertiary/aromatic N) is 2. The molecule has 0 fully saturated rings. The van der Waals surface area contributed by atoms with Gasteiger partial charge in [0.05, 0.1) is 11.3 Å². The molecule has 0 atom stereocenters. The van der Waals surface area contributed by atoms with Crippen LogP contribution in [0.3, 0.4) is 0 Å². The second kappa shape index (κ2) is 30.6. The van der Waals surface area contributed by atoms with Crippen molar-refractivity contribution in [1.29, 1.82) is 0 Å². The van der Waals surface area contributed by atoms with Gasteiger partial charge in [0.2, 0.25) is 11.5 Å². The summed E-state index contributed by atoms with van der Waals surface area (Å²) < 4.78 is 4.76. The minimum Gasteiger partial charge on any atom is -0.506 e. The topological polar surface area (TPSA) is 45.2 Å². The number of carbonyl (C=O) groups is 1. The average Bonchev–Trinajstić information content (AvgIpc) is 3.61. The molecular formula is C56H97N2O2+. The maximum absolute atomic E-state index is 14.4. The highest BCUT2D eigenvalue weighted by Crippen LogP contribution is 2.44. The molecule has 4 heteroatoms. The van der Waals surface area contributed by atoms with E-state index in [1.54, 1.807) is 0 Å². The quantitative estimate of drug-likeness (QED) is 0.0412. The van der Waals surface area contributed by atoms with Crippen LogP contribution in [-0.4, -0.2) is 32.3 Å². The van der Waals surface area contributed by atoms with Crippen molar-refractivity contribution in [2.24, 2.45) is 0 Å². The lowest BCUT2D eigenvalue weighted by molar-refractivity contribution is -0.471. The smallest absolute Gasteiger partial charge is 0.223 e. The van der Waals surface area contributed by atoms with E-state index in [1.807, 2.05) is 0 Å². The second-order valence-electron chi connectivity index (χ2n) is 19.1. The molecule has 0 unspecified atom stereocenters. The maximum Gasteiger partial charge on any atom is 0.223 e. The van der Waals surface area contributed by atoms with Gasteiger partial charge in [-0.05, 0) is 57.6 Å². The van der Waals surface area contributed by atoms with Crippen LogP contribution in [0.5, 0.6) is 0 Å². The molecule has 0 spiro atoms. The van der Waals surface area contributed by atoms with E-state index in [9.17, 15) is 9.90 Å². The number of allylic oxidation sites excluding steroid dienone is 4. The summed E-state index contributed by atoms with van der Waals surface area (Å²) in [6, 6.07) is 0. The van der Waals surface area contributed by atoms with Gasteiger partial charge in [0.25, 0.3) is 0 Å². The first kappa shape index (κ1) is 52.0. The largest absolute Gasteiger partial charge is 0.506 e. The van der Waals surface area contributed by atoms with Crippen molar-refractivity contribution in [2.45, 2.75) is 280 Å². The number of rotatable bonds is 37. The van der Waals surface area contributed by atoms with Gasteiger partial charge in [-0.3, -0.25) is 4.79 Å². The molecule has 1 aromatic heterocycles. The number of aromatic nitrogens is 1. The molecule has 2 aliphatic rings. The fourth-order valence-corrected chi connectivity index (χ4v) is 10.6. The molecule has 4 nitrogen and oxygen atoms in total. The Hall–Kier alpha value is -2.36. The van der Waals surface area contributed by atoms with Crippen LogP contribution < -0.4 is 0 Å². The van der Waals surface area contributed by atoms with E-state index in [0.29, 0.717) is 11.1 Å². The van der Waals surface area contributed by atoms with Crippen molar-refractivity contribution >= 4 is 17.1 Å². The molecule has 1 aliphatic carbocycles. The zero-order valence-electron chi connectivity index (χ0n) is 41.2. The number of ketones is 1. The Kier molecular flexibility index (Phi) is 26.6. The van der Waals surface area contributed by atoms with E-state index in [4.69, 9.17) is 0 Å². The maximum atomic E-state index is 14.4. The average molecular weight is 830 g/mol. The number of unbranched alkanes of at least 4 members (excludes halogenated alkanes) is 30. The molecule has 0 aromatic carbocycles. The van der Waals surface area contributed by atoms with Gasteiger partial charge in [0, 0.05) is 36.7 Å². The minimum absolute atomic E-state index is 0.0282. The zero-order valence-corrected chi connectivity index (χ0v) is 41.2. The summed E-state index contributed by atoms with van der Waals surface area (Å²) in [7, 11) is 0. The van der Waals surface area contributed by atoms with Crippen LogP contribution in [0, 0.1) is 13.8 Å². The number of hydrogen-bond acceptors (Lipinski definition) is 2. The third-order valence-corrected chi connectivity index (χ3v) is 14.4. The lowest BCUT2D eigenvalue weighted by atomic mass is 9.81. The highest BCUT2D eigenvalue weighted by atomic mass is 16.3. The fraction of sp³-hybridized carbons (Fsp3) is 0.786. The number of aliphatic hydroxyl groups excluding tert-OH is 1. The molecule has 0 radical (unpaired) electrons. The van der Waals surface area contributed by atoms with Gasteiger partial charge >= 0.3 is 0 Å². The van der Waals surface area contributed by atoms with Crippen LogP contribution in [-0.2, 0) is 17.8 Å². The van der Waals surface area contributed by atoms with Crippen LogP contribution in [0.1, 0.15) is 276 Å². The van der Waals surface area contributed by atoms with Crippen LogP contribution in [0.4, 0.5) is 0 Å². The van der Waals surface area contributed by atoms with Gasteiger partial charge in [-0.15, -0.1) is 0 Å². The molecule has 1 N–H and O–H groups in total. The van der Waals surface area contributed by atoms with E-state index in [1.165, 1.54) is 226 Å². The van der Waals surface area contributed by atoms with Crippen molar-refractivity contribution < 1.29 is 14.5 Å². The van der Waals surface area contributed by atoms with Gasteiger partial charge in [0.1, 0.15) is 17.9 Å². The SMILES string of the molecule is CCCCCCCCCCCCCCCCCCn1c(C)c(CC)c(C)c1C1=C(O)/C(=C2\C(C)=C(CC)C(C)=[N+]2CCCCCCCCCCCCCCCCCC)C1=O. The summed E-state index contributed by atoms with van der Waals surface area (Å²) in [5.41, 5.74) is 10.6. The monoisotopic (exact) mass is 830 g/mol. The van der Waals surface area contributed by atoms with E-state index in [2.05, 4.69) is 64.5 Å². The van der Waals surface area contributed by atoms with E-state index in [-0.39, 0.29) is 11.5 Å². The molecule has 1 aromatic rings. The van der Waals surface area contributed by atoms with Crippen molar-refractivity contribution in [3.8, 4) is 0 Å². The Bertz CT molecular complexity index is 1530. The third-order valence-electron chi connectivity index (χ3n) is 14.4. The first-order valence-corrected chi connectivity index (χ1v) is 26.5. The molecule has 60 heavy (non-hydrogen) atoms. The molecule has 2 heterocycles. The predicted molar refractivity (Wildman–Crippen MR) is 263 cm³/mol. The molecule has 3 rings (SSSR count). The Morgan fingerprint density at radius 2 is 0.867 bits per heavy atom. The molecule has 0 bridgehead atoms. The zero-order chi connectivity index (χ0) is 43.5. The summed E-state index contributed by atoms with van der Waals surface area (Å²) in [5, 5.41) is 11.9. The van der Waals surface area contributed by atoms with Gasteiger partial charge in [0.15, 0.2) is 5.71 Å². The van der Waals surface area contributed by atoms with Crippen LogP contribution in [0.2, 0.25) is 0 Å². The van der Waals surface area contributed by atoms with Gasteiger partial charge < -0.3 is 9.67 Å². The molecule has 0 amide bonds. The van der Waals surface area contributed by atoms with Crippen LogP contribution in [0.15, 0.2) is 28.2 Å². The predicted octanol–water partition coefficient (Wildman–Crippen LogP) is 17.5. The number of aliphatic hydroxyl groups is 1. The van der Waals surface area contributed by atoms with Gasteiger partial charge in [-0.1, -0.05) is 214 Å². The van der Waals surface area contributed by atoms with Crippen molar-refractivity contribution in [3.05, 3.63) is 50.7 Å². The summed E-state index contributed by atoms with van der Waals surface area (Å²) in [6.45, 7) is 19.6. The Balaban J connectivity index is 1.49. The summed E-state index contributed by atoms with van der Waals surface area (Å²) in [6.07, 6.45) is 45.5. The molecule has 342 valence electrons. The molecular weight excluding hydrogens is 733 g/mol. The third kappa shape index (κ3) is 16.1. The van der Waals surface area contributed by atoms with Crippen molar-refractivity contribution in [2.75, 3.05) is 6.54 Å². The van der Waals surface area contributed by atoms with Crippen LogP contribution in [0.25, 0.3) is 5.57 Å². The minimum atomic E-state index is 0.0282. The Labute approximate surface area is 372 Å². The lowest BCUT2D eigenvalue weighted by Gasteiger charge is -2.24.